The van der Waals surface area contributed by atoms with E-state index in [1.54, 1.807) is 21.3 Å². The molecule has 0 radical (unpaired) electrons. The molecule has 0 amide bonds. The molecule has 0 spiro atoms. The van der Waals surface area contributed by atoms with Gasteiger partial charge in [0.05, 0.1) is 26.5 Å². The molecular weight excluding hydrogens is 422 g/mol. The normalized spacial score (nSPS) is 12.9. The lowest BCUT2D eigenvalue weighted by atomic mass is 10.1. The number of aromatic nitrogens is 4. The fourth-order valence-electron chi connectivity index (χ4n) is 4.33. The Morgan fingerprint density at radius 2 is 1.76 bits per heavy atom. The third kappa shape index (κ3) is 3.27. The van der Waals surface area contributed by atoms with E-state index < -0.39 is 5.69 Å². The fourth-order valence-corrected chi connectivity index (χ4v) is 4.33. The van der Waals surface area contributed by atoms with Crippen molar-refractivity contribution in [2.24, 2.45) is 7.05 Å². The first-order valence-corrected chi connectivity index (χ1v) is 10.7. The van der Waals surface area contributed by atoms with Crippen molar-refractivity contribution in [1.29, 1.82) is 0 Å². The van der Waals surface area contributed by atoms with Crippen molar-refractivity contribution in [1.82, 2.24) is 18.7 Å². The second-order valence-electron chi connectivity index (χ2n) is 8.14. The summed E-state index contributed by atoms with van der Waals surface area (Å²) in [6, 6.07) is 13.4. The Kier molecular flexibility index (Phi) is 4.96. The average Bonchev–Trinajstić information content (AvgIpc) is 3.41. The largest absolute Gasteiger partial charge is 0.497 e. The number of nitrogens with zero attached hydrogens (tertiary/aromatic N) is 5. The van der Waals surface area contributed by atoms with Crippen LogP contribution in [0.15, 0.2) is 52.1 Å². The number of ether oxygens (including phenoxy) is 2. The summed E-state index contributed by atoms with van der Waals surface area (Å²) in [5.41, 5.74) is 2.85. The minimum Gasteiger partial charge on any atom is -0.497 e. The Bertz CT molecular complexity index is 1480. The molecule has 1 aliphatic heterocycles. The minimum absolute atomic E-state index is 0.204. The van der Waals surface area contributed by atoms with Crippen molar-refractivity contribution < 1.29 is 9.47 Å². The maximum atomic E-state index is 13.5. The van der Waals surface area contributed by atoms with Crippen molar-refractivity contribution in [2.45, 2.75) is 20.0 Å². The van der Waals surface area contributed by atoms with Gasteiger partial charge in [-0.15, -0.1) is 0 Å². The minimum atomic E-state index is -0.393. The number of benzene rings is 2. The van der Waals surface area contributed by atoms with Gasteiger partial charge in [-0.2, -0.15) is 4.98 Å². The molecule has 0 atom stereocenters. The molecule has 0 unspecified atom stereocenters. The van der Waals surface area contributed by atoms with E-state index in [1.807, 2.05) is 58.9 Å². The van der Waals surface area contributed by atoms with Crippen LogP contribution < -0.4 is 25.6 Å². The van der Waals surface area contributed by atoms with E-state index in [9.17, 15) is 9.59 Å². The number of fused-ring (bicyclic) bond motifs is 3. The zero-order valence-corrected chi connectivity index (χ0v) is 19.0. The molecule has 9 heteroatoms. The molecule has 2 aromatic heterocycles. The Balaban J connectivity index is 1.67. The summed E-state index contributed by atoms with van der Waals surface area (Å²) in [5.74, 6) is 1.95. The summed E-state index contributed by atoms with van der Waals surface area (Å²) in [6.07, 6.45) is 0. The molecule has 33 heavy (non-hydrogen) atoms. The molecule has 9 nitrogen and oxygen atoms in total. The summed E-state index contributed by atoms with van der Waals surface area (Å²) in [4.78, 5) is 33.2. The van der Waals surface area contributed by atoms with Crippen LogP contribution >= 0.6 is 0 Å². The molecular formula is C24H25N5O4. The SMILES string of the molecule is COc1ccc(OC)c(N2CCn3c2nc2c3c(=O)n(Cc3ccc(C)cc3)c(=O)n2C)c1. The number of methoxy groups -OCH3 is 2. The van der Waals surface area contributed by atoms with Crippen LogP contribution in [0.1, 0.15) is 11.1 Å². The quantitative estimate of drug-likeness (QED) is 0.467. The Morgan fingerprint density at radius 1 is 1.00 bits per heavy atom. The van der Waals surface area contributed by atoms with Crippen LogP contribution in [-0.2, 0) is 20.1 Å². The van der Waals surface area contributed by atoms with Gasteiger partial charge in [-0.3, -0.25) is 13.9 Å². The smallest absolute Gasteiger partial charge is 0.332 e. The van der Waals surface area contributed by atoms with Gasteiger partial charge in [-0.05, 0) is 24.6 Å². The van der Waals surface area contributed by atoms with E-state index in [4.69, 9.17) is 14.5 Å². The lowest BCUT2D eigenvalue weighted by molar-refractivity contribution is 0.403. The number of imidazole rings is 1. The highest BCUT2D eigenvalue weighted by atomic mass is 16.5. The van der Waals surface area contributed by atoms with Crippen molar-refractivity contribution in [3.05, 3.63) is 74.4 Å². The molecule has 5 rings (SSSR count). The van der Waals surface area contributed by atoms with Gasteiger partial charge in [-0.25, -0.2) is 4.79 Å². The van der Waals surface area contributed by atoms with Crippen molar-refractivity contribution >= 4 is 22.8 Å². The first-order valence-electron chi connectivity index (χ1n) is 10.7. The zero-order chi connectivity index (χ0) is 23.3. The highest BCUT2D eigenvalue weighted by Crippen LogP contribution is 2.39. The Morgan fingerprint density at radius 3 is 2.45 bits per heavy atom. The molecule has 170 valence electrons. The Labute approximate surface area is 190 Å². The van der Waals surface area contributed by atoms with Crippen LogP contribution in [0.3, 0.4) is 0 Å². The molecule has 0 saturated heterocycles. The third-order valence-corrected chi connectivity index (χ3v) is 6.14. The third-order valence-electron chi connectivity index (χ3n) is 6.14. The number of aryl methyl sites for hydroxylation is 2. The van der Waals surface area contributed by atoms with Crippen molar-refractivity contribution in [2.75, 3.05) is 25.7 Å². The van der Waals surface area contributed by atoms with Gasteiger partial charge < -0.3 is 18.9 Å². The molecule has 0 saturated carbocycles. The lowest BCUT2D eigenvalue weighted by Crippen LogP contribution is -2.40. The molecule has 0 aliphatic carbocycles. The molecule has 0 bridgehead atoms. The van der Waals surface area contributed by atoms with Gasteiger partial charge in [0, 0.05) is 26.2 Å². The van der Waals surface area contributed by atoms with E-state index in [2.05, 4.69) is 0 Å². The average molecular weight is 447 g/mol. The molecule has 4 aromatic rings. The van der Waals surface area contributed by atoms with Crippen LogP contribution in [0.25, 0.3) is 11.2 Å². The van der Waals surface area contributed by atoms with Crippen molar-refractivity contribution in [3.63, 3.8) is 0 Å². The summed E-state index contributed by atoms with van der Waals surface area (Å²) in [7, 11) is 4.86. The second-order valence-corrected chi connectivity index (χ2v) is 8.14. The van der Waals surface area contributed by atoms with E-state index in [0.29, 0.717) is 41.7 Å². The molecule has 2 aromatic carbocycles. The monoisotopic (exact) mass is 447 g/mol. The maximum absolute atomic E-state index is 13.5. The van der Waals surface area contributed by atoms with Crippen LogP contribution in [0.4, 0.5) is 11.6 Å². The van der Waals surface area contributed by atoms with Crippen LogP contribution in [0, 0.1) is 6.92 Å². The summed E-state index contributed by atoms with van der Waals surface area (Å²) in [6.45, 7) is 3.38. The van der Waals surface area contributed by atoms with E-state index in [1.165, 1.54) is 9.13 Å². The first kappa shape index (κ1) is 20.9. The highest BCUT2D eigenvalue weighted by molar-refractivity contribution is 5.79. The van der Waals surface area contributed by atoms with Crippen LogP contribution in [-0.4, -0.2) is 39.4 Å². The van der Waals surface area contributed by atoms with Gasteiger partial charge in [0.1, 0.15) is 11.5 Å². The maximum Gasteiger partial charge on any atom is 0.332 e. The van der Waals surface area contributed by atoms with Gasteiger partial charge in [0.15, 0.2) is 11.2 Å². The molecule has 0 fully saturated rings. The predicted molar refractivity (Wildman–Crippen MR) is 126 cm³/mol. The predicted octanol–water partition coefficient (Wildman–Crippen LogP) is 2.42. The number of hydrogen-bond acceptors (Lipinski definition) is 6. The number of anilines is 2. The molecule has 3 heterocycles. The van der Waals surface area contributed by atoms with Gasteiger partial charge in [0.25, 0.3) is 5.56 Å². The standard InChI is InChI=1S/C24H25N5O4/c1-15-5-7-16(8-6-15)14-29-22(30)20-21(26(2)24(29)31)25-23-27(11-12-28(20)23)18-13-17(32-3)9-10-19(18)33-4/h5-10,13H,11-12,14H2,1-4H3. The van der Waals surface area contributed by atoms with E-state index in [-0.39, 0.29) is 12.1 Å². The van der Waals surface area contributed by atoms with Crippen LogP contribution in [0.2, 0.25) is 0 Å². The number of rotatable bonds is 5. The van der Waals surface area contributed by atoms with Crippen LogP contribution in [0.5, 0.6) is 11.5 Å². The summed E-state index contributed by atoms with van der Waals surface area (Å²) in [5, 5.41) is 0. The number of hydrogen-bond donors (Lipinski definition) is 0. The van der Waals surface area contributed by atoms with Gasteiger partial charge >= 0.3 is 5.69 Å². The zero-order valence-electron chi connectivity index (χ0n) is 19.0. The van der Waals surface area contributed by atoms with E-state index >= 15 is 0 Å². The Hall–Kier alpha value is -4.01. The van der Waals surface area contributed by atoms with E-state index in [0.717, 1.165) is 16.8 Å². The lowest BCUT2D eigenvalue weighted by Gasteiger charge is -2.19. The van der Waals surface area contributed by atoms with Gasteiger partial charge in [-0.1, -0.05) is 29.8 Å². The summed E-state index contributed by atoms with van der Waals surface area (Å²) < 4.78 is 15.5. The first-order chi connectivity index (χ1) is 15.9. The molecule has 1 aliphatic rings. The molecule has 0 N–H and O–H groups in total. The fraction of sp³-hybridized carbons (Fsp3) is 0.292. The second kappa shape index (κ2) is 7.84. The van der Waals surface area contributed by atoms with Crippen molar-refractivity contribution in [3.8, 4) is 11.5 Å². The summed E-state index contributed by atoms with van der Waals surface area (Å²) >= 11 is 0. The van der Waals surface area contributed by atoms with Gasteiger partial charge in [0.2, 0.25) is 5.95 Å². The highest BCUT2D eigenvalue weighted by Gasteiger charge is 2.30. The topological polar surface area (TPSA) is 83.5 Å².